The van der Waals surface area contributed by atoms with Crippen LogP contribution in [0.15, 0.2) is 6.20 Å². The Morgan fingerprint density at radius 1 is 1.32 bits per heavy atom. The van der Waals surface area contributed by atoms with Gasteiger partial charge in [0.25, 0.3) is 0 Å². The molecule has 0 saturated carbocycles. The van der Waals surface area contributed by atoms with Crippen molar-refractivity contribution in [2.75, 3.05) is 37.8 Å². The molecule has 0 aromatic carbocycles. The van der Waals surface area contributed by atoms with Gasteiger partial charge in [-0.15, -0.1) is 0 Å². The van der Waals surface area contributed by atoms with E-state index in [9.17, 15) is 4.39 Å². The number of halogens is 1. The molecule has 0 amide bonds. The van der Waals surface area contributed by atoms with Crippen molar-refractivity contribution in [1.82, 2.24) is 14.9 Å². The van der Waals surface area contributed by atoms with Crippen molar-refractivity contribution in [3.05, 3.63) is 12.0 Å². The van der Waals surface area contributed by atoms with E-state index >= 15 is 0 Å². The van der Waals surface area contributed by atoms with Crippen molar-refractivity contribution >= 4 is 11.8 Å². The molecule has 19 heavy (non-hydrogen) atoms. The molecule has 2 N–H and O–H groups in total. The molecule has 1 aromatic heterocycles. The first-order chi connectivity index (χ1) is 8.86. The second-order valence-corrected chi connectivity index (χ2v) is 5.38. The van der Waals surface area contributed by atoms with Gasteiger partial charge in [0.1, 0.15) is 0 Å². The maximum Gasteiger partial charge on any atom is 0.224 e. The predicted molar refractivity (Wildman–Crippen MR) is 77.0 cm³/mol. The third kappa shape index (κ3) is 4.63. The number of rotatable bonds is 7. The lowest BCUT2D eigenvalue weighted by atomic mass is 10.0. The monoisotopic (exact) mass is 269 g/mol. The Balaban J connectivity index is 2.71. The summed E-state index contributed by atoms with van der Waals surface area (Å²) < 4.78 is 13.6. The minimum Gasteiger partial charge on any atom is -0.366 e. The normalized spacial score (nSPS) is 11.7. The van der Waals surface area contributed by atoms with E-state index in [1.54, 1.807) is 0 Å². The second-order valence-electron chi connectivity index (χ2n) is 5.38. The third-order valence-electron chi connectivity index (χ3n) is 3.18. The Morgan fingerprint density at radius 3 is 2.58 bits per heavy atom. The predicted octanol–water partition coefficient (Wildman–Crippen LogP) is 2.19. The number of anilines is 2. The summed E-state index contributed by atoms with van der Waals surface area (Å²) in [7, 11) is 3.98. The number of likely N-dealkylation sites (N-methyl/N-ethyl adjacent to an activating group) is 1. The van der Waals surface area contributed by atoms with Crippen molar-refractivity contribution < 1.29 is 4.39 Å². The van der Waals surface area contributed by atoms with Crippen LogP contribution < -0.4 is 10.6 Å². The molecule has 0 aliphatic rings. The zero-order chi connectivity index (χ0) is 14.5. The van der Waals surface area contributed by atoms with Crippen LogP contribution in [0.3, 0.4) is 0 Å². The van der Waals surface area contributed by atoms with Gasteiger partial charge in [-0.05, 0) is 34.4 Å². The minimum absolute atomic E-state index is 0.0889. The Morgan fingerprint density at radius 2 is 2.00 bits per heavy atom. The molecule has 1 heterocycles. The van der Waals surface area contributed by atoms with Gasteiger partial charge < -0.3 is 15.5 Å². The molecule has 0 fully saturated rings. The Bertz CT molecular complexity index is 406. The summed E-state index contributed by atoms with van der Waals surface area (Å²) in [4.78, 5) is 10.1. The number of hydrogen-bond acceptors (Lipinski definition) is 5. The van der Waals surface area contributed by atoms with Gasteiger partial charge in [0.15, 0.2) is 11.6 Å². The van der Waals surface area contributed by atoms with Crippen LogP contribution in [0.25, 0.3) is 0 Å². The van der Waals surface area contributed by atoms with E-state index in [0.717, 1.165) is 13.0 Å². The zero-order valence-corrected chi connectivity index (χ0v) is 12.4. The van der Waals surface area contributed by atoms with Gasteiger partial charge in [-0.25, -0.2) is 9.37 Å². The van der Waals surface area contributed by atoms with Gasteiger partial charge in [0.05, 0.1) is 6.20 Å². The molecular weight excluding hydrogens is 245 g/mol. The fraction of sp³-hybridized carbons (Fsp3) is 0.692. The van der Waals surface area contributed by atoms with E-state index in [0.29, 0.717) is 12.5 Å². The van der Waals surface area contributed by atoms with Crippen LogP contribution in [-0.4, -0.2) is 47.6 Å². The molecule has 108 valence electrons. The summed E-state index contributed by atoms with van der Waals surface area (Å²) in [5, 5.41) is 6.09. The lowest BCUT2D eigenvalue weighted by molar-refractivity contribution is 0.209. The molecule has 1 rings (SSSR count). The highest BCUT2D eigenvalue weighted by Crippen LogP contribution is 2.15. The van der Waals surface area contributed by atoms with Gasteiger partial charge in [-0.1, -0.05) is 6.92 Å². The average molecular weight is 269 g/mol. The molecule has 6 heteroatoms. The first-order valence-corrected chi connectivity index (χ1v) is 6.54. The van der Waals surface area contributed by atoms with Gasteiger partial charge in [0, 0.05) is 18.6 Å². The van der Waals surface area contributed by atoms with E-state index in [4.69, 9.17) is 0 Å². The maximum atomic E-state index is 13.6. The van der Waals surface area contributed by atoms with Gasteiger partial charge in [-0.3, -0.25) is 0 Å². The minimum atomic E-state index is -0.434. The molecule has 0 spiro atoms. The number of aromatic nitrogens is 2. The molecule has 0 unspecified atom stereocenters. The van der Waals surface area contributed by atoms with Crippen molar-refractivity contribution in [2.45, 2.75) is 32.7 Å². The van der Waals surface area contributed by atoms with Gasteiger partial charge in [-0.2, -0.15) is 4.98 Å². The molecule has 0 atom stereocenters. The molecule has 5 nitrogen and oxygen atoms in total. The van der Waals surface area contributed by atoms with Crippen LogP contribution in [-0.2, 0) is 0 Å². The number of nitrogens with zero attached hydrogens (tertiary/aromatic N) is 3. The largest absolute Gasteiger partial charge is 0.366 e. The SMILES string of the molecule is CCCNc1ncc(F)c(NCC(C)(C)N(C)C)n1. The van der Waals surface area contributed by atoms with E-state index in [2.05, 4.69) is 46.3 Å². The van der Waals surface area contributed by atoms with Gasteiger partial charge >= 0.3 is 0 Å². The van der Waals surface area contributed by atoms with Crippen molar-refractivity contribution in [3.8, 4) is 0 Å². The zero-order valence-electron chi connectivity index (χ0n) is 12.4. The summed E-state index contributed by atoms with van der Waals surface area (Å²) in [6.07, 6.45) is 2.16. The van der Waals surface area contributed by atoms with E-state index in [1.807, 2.05) is 14.1 Å². The average Bonchev–Trinajstić information content (AvgIpc) is 2.36. The first kappa shape index (κ1) is 15.6. The fourth-order valence-electron chi connectivity index (χ4n) is 1.27. The summed E-state index contributed by atoms with van der Waals surface area (Å²) in [6.45, 7) is 7.58. The molecule has 1 aromatic rings. The van der Waals surface area contributed by atoms with Crippen LogP contribution in [0.4, 0.5) is 16.2 Å². The molecule has 0 bridgehead atoms. The summed E-state index contributed by atoms with van der Waals surface area (Å²) in [5.41, 5.74) is -0.0889. The first-order valence-electron chi connectivity index (χ1n) is 6.54. The Labute approximate surface area is 114 Å². The second kappa shape index (κ2) is 6.65. The van der Waals surface area contributed by atoms with Gasteiger partial charge in [0.2, 0.25) is 5.95 Å². The highest BCUT2D eigenvalue weighted by atomic mass is 19.1. The molecular formula is C13H24FN5. The topological polar surface area (TPSA) is 53.1 Å². The van der Waals surface area contributed by atoms with Crippen LogP contribution in [0.2, 0.25) is 0 Å². The standard InChI is InChI=1S/C13H24FN5/c1-6-7-15-12-16-8-10(14)11(18-12)17-9-13(2,3)19(4)5/h8H,6-7,9H2,1-5H3,(H2,15,16,17,18). The summed E-state index contributed by atoms with van der Waals surface area (Å²) in [5.74, 6) is 0.258. The van der Waals surface area contributed by atoms with Crippen molar-refractivity contribution in [1.29, 1.82) is 0 Å². The quantitative estimate of drug-likeness (QED) is 0.794. The van der Waals surface area contributed by atoms with E-state index in [1.165, 1.54) is 6.20 Å². The third-order valence-corrected chi connectivity index (χ3v) is 3.18. The lowest BCUT2D eigenvalue weighted by Crippen LogP contribution is -2.44. The van der Waals surface area contributed by atoms with Crippen LogP contribution in [0.5, 0.6) is 0 Å². The summed E-state index contributed by atoms with van der Waals surface area (Å²) in [6, 6.07) is 0. The van der Waals surface area contributed by atoms with Crippen LogP contribution >= 0.6 is 0 Å². The van der Waals surface area contributed by atoms with E-state index in [-0.39, 0.29) is 11.4 Å². The molecule has 0 aliphatic heterocycles. The maximum absolute atomic E-state index is 13.6. The highest BCUT2D eigenvalue weighted by Gasteiger charge is 2.21. The number of nitrogens with one attached hydrogen (secondary N) is 2. The summed E-state index contributed by atoms with van der Waals surface area (Å²) >= 11 is 0. The van der Waals surface area contributed by atoms with Crippen molar-refractivity contribution in [2.24, 2.45) is 0 Å². The Hall–Kier alpha value is -1.43. The lowest BCUT2D eigenvalue weighted by Gasteiger charge is -2.32. The Kier molecular flexibility index (Phi) is 5.47. The van der Waals surface area contributed by atoms with Crippen molar-refractivity contribution in [3.63, 3.8) is 0 Å². The molecule has 0 saturated heterocycles. The molecule has 0 aliphatic carbocycles. The van der Waals surface area contributed by atoms with Crippen LogP contribution in [0.1, 0.15) is 27.2 Å². The smallest absolute Gasteiger partial charge is 0.224 e. The van der Waals surface area contributed by atoms with E-state index < -0.39 is 5.82 Å². The fourth-order valence-corrected chi connectivity index (χ4v) is 1.27. The molecule has 0 radical (unpaired) electrons. The number of hydrogen-bond donors (Lipinski definition) is 2. The highest BCUT2D eigenvalue weighted by molar-refractivity contribution is 5.41. The van der Waals surface area contributed by atoms with Crippen LogP contribution in [0, 0.1) is 5.82 Å².